The number of allylic oxidation sites excluding steroid dienone is 2. The SMILES string of the molecule is CCCCC(CCC(O)CC(O)CCc1ccc(O)c(OCCC(Cc2ccc[nH]2)C2=CCNC(N)=C2)c1)NCC(C)O. The van der Waals surface area contributed by atoms with Crippen molar-refractivity contribution in [2.24, 2.45) is 11.7 Å². The first kappa shape index (κ1) is 34.5. The van der Waals surface area contributed by atoms with E-state index < -0.39 is 18.3 Å². The largest absolute Gasteiger partial charge is 0.504 e. The highest BCUT2D eigenvalue weighted by molar-refractivity contribution is 5.42. The highest BCUT2D eigenvalue weighted by atomic mass is 16.5. The van der Waals surface area contributed by atoms with Gasteiger partial charge in [-0.25, -0.2) is 0 Å². The summed E-state index contributed by atoms with van der Waals surface area (Å²) in [5.41, 5.74) is 9.31. The van der Waals surface area contributed by atoms with Crippen molar-refractivity contribution < 1.29 is 25.2 Å². The van der Waals surface area contributed by atoms with Crippen LogP contribution in [0, 0.1) is 5.92 Å². The number of aliphatic hydroxyl groups is 3. The molecule has 2 aromatic rings. The summed E-state index contributed by atoms with van der Waals surface area (Å²) in [4.78, 5) is 3.28. The Hall–Kier alpha value is -2.98. The predicted octanol–water partition coefficient (Wildman–Crippen LogP) is 4.03. The van der Waals surface area contributed by atoms with E-state index >= 15 is 0 Å². The monoisotopic (exact) mass is 598 g/mol. The number of nitrogens with one attached hydrogen (secondary N) is 3. The number of aromatic nitrogens is 1. The number of nitrogens with two attached hydrogens (primary N) is 1. The number of aromatic amines is 1. The van der Waals surface area contributed by atoms with Gasteiger partial charge in [0.05, 0.1) is 30.7 Å². The minimum Gasteiger partial charge on any atom is -0.504 e. The molecule has 1 aromatic heterocycles. The quantitative estimate of drug-likeness (QED) is 0.107. The number of H-pyrrole nitrogens is 1. The van der Waals surface area contributed by atoms with Gasteiger partial charge < -0.3 is 46.5 Å². The molecular weight excluding hydrogens is 544 g/mol. The minimum atomic E-state index is -0.625. The summed E-state index contributed by atoms with van der Waals surface area (Å²) in [6.07, 6.45) is 12.1. The van der Waals surface area contributed by atoms with Gasteiger partial charge in [-0.05, 0) is 106 Å². The Kier molecular flexibility index (Phi) is 15.0. The lowest BCUT2D eigenvalue weighted by atomic mass is 9.89. The van der Waals surface area contributed by atoms with Gasteiger partial charge in [-0.2, -0.15) is 0 Å². The number of ether oxygens (including phenoxy) is 1. The molecule has 0 bridgehead atoms. The summed E-state index contributed by atoms with van der Waals surface area (Å²) in [7, 11) is 0. The van der Waals surface area contributed by atoms with E-state index in [-0.39, 0.29) is 17.7 Å². The van der Waals surface area contributed by atoms with Crippen LogP contribution in [0.25, 0.3) is 0 Å². The molecule has 0 radical (unpaired) electrons. The molecule has 0 saturated heterocycles. The van der Waals surface area contributed by atoms with Gasteiger partial charge >= 0.3 is 0 Å². The molecule has 0 amide bonds. The molecule has 9 N–H and O–H groups in total. The molecule has 5 unspecified atom stereocenters. The fraction of sp³-hybridized carbons (Fsp3) is 0.588. The lowest BCUT2D eigenvalue weighted by molar-refractivity contribution is 0.0678. The zero-order valence-electron chi connectivity index (χ0n) is 26.0. The third-order valence-electron chi connectivity index (χ3n) is 8.08. The Morgan fingerprint density at radius 1 is 1.05 bits per heavy atom. The maximum Gasteiger partial charge on any atom is 0.161 e. The second-order valence-electron chi connectivity index (χ2n) is 12.0. The van der Waals surface area contributed by atoms with E-state index in [0.29, 0.717) is 57.0 Å². The first-order chi connectivity index (χ1) is 20.7. The molecule has 0 aliphatic carbocycles. The van der Waals surface area contributed by atoms with Crippen molar-refractivity contribution in [3.05, 3.63) is 71.3 Å². The van der Waals surface area contributed by atoms with Crippen LogP contribution < -0.4 is 21.1 Å². The average Bonchev–Trinajstić information content (AvgIpc) is 3.49. The van der Waals surface area contributed by atoms with Crippen molar-refractivity contribution in [1.82, 2.24) is 15.6 Å². The van der Waals surface area contributed by atoms with Gasteiger partial charge in [0.25, 0.3) is 0 Å². The normalized spacial score (nSPS) is 16.9. The van der Waals surface area contributed by atoms with E-state index in [1.165, 1.54) is 5.57 Å². The predicted molar refractivity (Wildman–Crippen MR) is 172 cm³/mol. The van der Waals surface area contributed by atoms with Crippen molar-refractivity contribution in [1.29, 1.82) is 0 Å². The average molecular weight is 599 g/mol. The second kappa shape index (κ2) is 18.6. The van der Waals surface area contributed by atoms with Crippen LogP contribution in [0.5, 0.6) is 11.5 Å². The summed E-state index contributed by atoms with van der Waals surface area (Å²) in [5.74, 6) is 1.40. The van der Waals surface area contributed by atoms with Crippen molar-refractivity contribution in [3.63, 3.8) is 0 Å². The number of aliphatic hydroxyl groups excluding tert-OH is 3. The fourth-order valence-electron chi connectivity index (χ4n) is 5.56. The van der Waals surface area contributed by atoms with Gasteiger partial charge in [0.2, 0.25) is 0 Å². The number of hydrogen-bond donors (Lipinski definition) is 8. The van der Waals surface area contributed by atoms with E-state index in [0.717, 1.165) is 49.8 Å². The molecule has 43 heavy (non-hydrogen) atoms. The Balaban J connectivity index is 1.46. The number of benzene rings is 1. The van der Waals surface area contributed by atoms with Gasteiger partial charge in [0.1, 0.15) is 0 Å². The molecule has 1 aliphatic rings. The van der Waals surface area contributed by atoms with Crippen LogP contribution in [0.3, 0.4) is 0 Å². The van der Waals surface area contributed by atoms with Gasteiger partial charge in [-0.15, -0.1) is 0 Å². The van der Waals surface area contributed by atoms with Crippen molar-refractivity contribution in [2.45, 2.75) is 102 Å². The van der Waals surface area contributed by atoms with E-state index in [9.17, 15) is 20.4 Å². The van der Waals surface area contributed by atoms with Gasteiger partial charge in [0.15, 0.2) is 11.5 Å². The molecule has 9 nitrogen and oxygen atoms in total. The molecule has 0 spiro atoms. The van der Waals surface area contributed by atoms with Gasteiger partial charge in [-0.1, -0.05) is 31.9 Å². The van der Waals surface area contributed by atoms with Crippen molar-refractivity contribution >= 4 is 0 Å². The van der Waals surface area contributed by atoms with Crippen LogP contribution in [0.2, 0.25) is 0 Å². The molecule has 1 aromatic carbocycles. The van der Waals surface area contributed by atoms with Crippen LogP contribution in [0.15, 0.2) is 60.1 Å². The highest BCUT2D eigenvalue weighted by Gasteiger charge is 2.19. The second-order valence-corrected chi connectivity index (χ2v) is 12.0. The maximum atomic E-state index is 10.6. The third-order valence-corrected chi connectivity index (χ3v) is 8.08. The number of hydrogen-bond acceptors (Lipinski definition) is 8. The summed E-state index contributed by atoms with van der Waals surface area (Å²) in [5, 5.41) is 47.7. The lowest BCUT2D eigenvalue weighted by Gasteiger charge is -2.22. The maximum absolute atomic E-state index is 10.6. The number of aromatic hydroxyl groups is 1. The van der Waals surface area contributed by atoms with Crippen LogP contribution in [0.4, 0.5) is 0 Å². The van der Waals surface area contributed by atoms with Gasteiger partial charge in [-0.3, -0.25) is 0 Å². The Morgan fingerprint density at radius 2 is 1.86 bits per heavy atom. The lowest BCUT2D eigenvalue weighted by Crippen LogP contribution is -2.35. The van der Waals surface area contributed by atoms with E-state index in [1.807, 2.05) is 30.5 Å². The summed E-state index contributed by atoms with van der Waals surface area (Å²) >= 11 is 0. The number of phenolic OH excluding ortho intramolecular Hbond substituents is 1. The summed E-state index contributed by atoms with van der Waals surface area (Å²) < 4.78 is 6.05. The number of unbranched alkanes of at least 4 members (excludes halogenated alkanes) is 1. The highest BCUT2D eigenvalue weighted by Crippen LogP contribution is 2.29. The summed E-state index contributed by atoms with van der Waals surface area (Å²) in [6, 6.07) is 9.65. The van der Waals surface area contributed by atoms with Crippen molar-refractivity contribution in [3.8, 4) is 11.5 Å². The van der Waals surface area contributed by atoms with Crippen molar-refractivity contribution in [2.75, 3.05) is 19.7 Å². The Bertz CT molecular complexity index is 1120. The van der Waals surface area contributed by atoms with E-state index in [2.05, 4.69) is 34.7 Å². The zero-order chi connectivity index (χ0) is 31.0. The molecule has 240 valence electrons. The number of dihydropyridines is 1. The molecular formula is C34H54N4O5. The van der Waals surface area contributed by atoms with Crippen LogP contribution in [0.1, 0.15) is 76.5 Å². The number of rotatable bonds is 21. The molecule has 1 aliphatic heterocycles. The topological polar surface area (TPSA) is 156 Å². The number of aryl methyl sites for hydroxylation is 1. The Morgan fingerprint density at radius 3 is 2.58 bits per heavy atom. The molecule has 0 saturated carbocycles. The Labute approximate surface area is 257 Å². The van der Waals surface area contributed by atoms with E-state index in [1.54, 1.807) is 13.0 Å². The first-order valence-electron chi connectivity index (χ1n) is 16.0. The standard InChI is InChI=1S/C34H54N4O5/c1-3-4-6-28(38-23-24(2)39)10-12-31(41)22-30(40)11-8-25-9-13-32(42)33(19-25)43-18-15-27(20-29-7-5-16-36-29)26-14-17-37-34(35)21-26/h5,7,9,13-14,16,19,21,24,27-28,30-31,36-42H,3-4,6,8,10-12,15,17-18,20,22-23,35H2,1-2H3. The van der Waals surface area contributed by atoms with Crippen LogP contribution in [-0.4, -0.2) is 69.5 Å². The van der Waals surface area contributed by atoms with E-state index in [4.69, 9.17) is 10.5 Å². The molecule has 5 atom stereocenters. The summed E-state index contributed by atoms with van der Waals surface area (Å²) in [6.45, 7) is 5.60. The third kappa shape index (κ3) is 13.0. The molecule has 0 fully saturated rings. The van der Waals surface area contributed by atoms with Crippen LogP contribution in [-0.2, 0) is 12.8 Å². The van der Waals surface area contributed by atoms with Crippen LogP contribution >= 0.6 is 0 Å². The first-order valence-corrected chi connectivity index (χ1v) is 16.0. The minimum absolute atomic E-state index is 0.0905. The fourth-order valence-corrected chi connectivity index (χ4v) is 5.56. The smallest absolute Gasteiger partial charge is 0.161 e. The molecule has 2 heterocycles. The number of phenols is 1. The molecule has 9 heteroatoms. The zero-order valence-corrected chi connectivity index (χ0v) is 26.0. The van der Waals surface area contributed by atoms with Gasteiger partial charge in [0, 0.05) is 31.0 Å². The molecule has 3 rings (SSSR count).